The second-order valence-corrected chi connectivity index (χ2v) is 14.8. The van der Waals surface area contributed by atoms with Crippen molar-refractivity contribution in [2.75, 3.05) is 13.2 Å². The molecule has 0 bridgehead atoms. The molecule has 0 radical (unpaired) electrons. The fraction of sp³-hybridized carbons (Fsp3) is 0.762. The number of aromatic amines is 1. The molecular weight excluding hydrogens is 432 g/mol. The lowest BCUT2D eigenvalue weighted by atomic mass is 10.1. The molecule has 0 spiro atoms. The van der Waals surface area contributed by atoms with E-state index in [0.29, 0.717) is 12.3 Å². The first-order chi connectivity index (χ1) is 15.1. The summed E-state index contributed by atoms with van der Waals surface area (Å²) >= 11 is 0. The van der Waals surface area contributed by atoms with Gasteiger partial charge in [0.2, 0.25) is 0 Å². The molecule has 2 N–H and O–H groups in total. The van der Waals surface area contributed by atoms with Gasteiger partial charge in [-0.05, 0) is 37.4 Å². The van der Waals surface area contributed by atoms with Gasteiger partial charge in [-0.15, -0.1) is 0 Å². The largest absolute Gasteiger partial charge is 0.408 e. The zero-order chi connectivity index (χ0) is 23.1. The molecule has 5 atom stereocenters. The van der Waals surface area contributed by atoms with Crippen molar-refractivity contribution in [3.05, 3.63) is 23.0 Å². The van der Waals surface area contributed by atoms with Gasteiger partial charge in [-0.2, -0.15) is 0 Å². The molecule has 3 unspecified atom stereocenters. The Bertz CT molecular complexity index is 981. The molecular formula is C21H34N4O6Si. The average molecular weight is 467 g/mol. The molecule has 2 aliphatic heterocycles. The summed E-state index contributed by atoms with van der Waals surface area (Å²) < 4.78 is 27.0. The van der Waals surface area contributed by atoms with Crippen molar-refractivity contribution in [1.82, 2.24) is 19.5 Å². The number of nitrogens with zero attached hydrogens (tertiary/aromatic N) is 3. The van der Waals surface area contributed by atoms with Crippen LogP contribution in [0.1, 0.15) is 46.3 Å². The topological polar surface area (TPSA) is 121 Å². The second-order valence-electron chi connectivity index (χ2n) is 10.0. The number of aliphatic hydroxyl groups is 1. The summed E-state index contributed by atoms with van der Waals surface area (Å²) in [6.45, 7) is 11.3. The van der Waals surface area contributed by atoms with Gasteiger partial charge in [-0.1, -0.05) is 20.8 Å². The van der Waals surface area contributed by atoms with Crippen LogP contribution in [0.2, 0.25) is 18.1 Å². The molecule has 4 heterocycles. The first-order valence-electron chi connectivity index (χ1n) is 11.2. The lowest BCUT2D eigenvalue weighted by Gasteiger charge is -2.41. The lowest BCUT2D eigenvalue weighted by Crippen LogP contribution is -2.51. The number of fused-ring (bicyclic) bond motifs is 1. The van der Waals surface area contributed by atoms with Gasteiger partial charge in [0.1, 0.15) is 18.3 Å². The van der Waals surface area contributed by atoms with Crippen molar-refractivity contribution in [2.45, 2.75) is 89.0 Å². The highest BCUT2D eigenvalue weighted by Crippen LogP contribution is 2.43. The Labute approximate surface area is 188 Å². The van der Waals surface area contributed by atoms with E-state index in [1.165, 1.54) is 12.7 Å². The molecule has 2 aromatic heterocycles. The minimum atomic E-state index is -2.22. The van der Waals surface area contributed by atoms with E-state index in [1.807, 2.05) is 0 Å². The van der Waals surface area contributed by atoms with Crippen molar-refractivity contribution in [2.24, 2.45) is 0 Å². The van der Waals surface area contributed by atoms with Crippen LogP contribution < -0.4 is 5.56 Å². The van der Waals surface area contributed by atoms with Gasteiger partial charge < -0.3 is 28.7 Å². The molecule has 4 rings (SSSR count). The van der Waals surface area contributed by atoms with Crippen molar-refractivity contribution >= 4 is 19.5 Å². The van der Waals surface area contributed by atoms with Gasteiger partial charge in [-0.25, -0.2) is 9.97 Å². The molecule has 0 aromatic carbocycles. The molecule has 10 nitrogen and oxygen atoms in total. The van der Waals surface area contributed by atoms with Crippen LogP contribution in [0.4, 0.5) is 0 Å². The quantitative estimate of drug-likeness (QED) is 0.622. The van der Waals surface area contributed by atoms with E-state index in [4.69, 9.17) is 18.6 Å². The molecule has 32 heavy (non-hydrogen) atoms. The molecule has 2 aliphatic rings. The van der Waals surface area contributed by atoms with Crippen LogP contribution in [0.25, 0.3) is 11.2 Å². The fourth-order valence-corrected chi connectivity index (χ4v) is 5.25. The Morgan fingerprint density at radius 3 is 2.72 bits per heavy atom. The zero-order valence-corrected chi connectivity index (χ0v) is 20.4. The van der Waals surface area contributed by atoms with Crippen molar-refractivity contribution in [3.8, 4) is 0 Å². The molecule has 0 saturated carbocycles. The molecule has 11 heteroatoms. The Morgan fingerprint density at radius 2 is 2.06 bits per heavy atom. The number of ether oxygens (including phenoxy) is 3. The molecule has 0 aliphatic carbocycles. The van der Waals surface area contributed by atoms with E-state index in [0.717, 1.165) is 19.3 Å². The Hall–Kier alpha value is -1.63. The van der Waals surface area contributed by atoms with E-state index < -0.39 is 32.9 Å². The molecule has 2 fully saturated rings. The van der Waals surface area contributed by atoms with Crippen molar-refractivity contribution in [1.29, 1.82) is 0 Å². The van der Waals surface area contributed by atoms with E-state index in [-0.39, 0.29) is 29.0 Å². The van der Waals surface area contributed by atoms with Crippen LogP contribution >= 0.6 is 0 Å². The third-order valence-corrected chi connectivity index (χ3v) is 11.3. The van der Waals surface area contributed by atoms with E-state index >= 15 is 0 Å². The summed E-state index contributed by atoms with van der Waals surface area (Å²) in [4.78, 5) is 23.2. The SMILES string of the molecule is CC(C)(C)[Si](C)(C)O[C@@H]1C(CO)OC(n2cnc3c(=O)[nH]cnc32)[C@@H]1OC1CCCCO1. The predicted molar refractivity (Wildman–Crippen MR) is 120 cm³/mol. The predicted octanol–water partition coefficient (Wildman–Crippen LogP) is 2.31. The number of nitrogens with one attached hydrogen (secondary N) is 1. The van der Waals surface area contributed by atoms with Crippen molar-refractivity contribution in [3.63, 3.8) is 0 Å². The first-order valence-corrected chi connectivity index (χ1v) is 14.1. The van der Waals surface area contributed by atoms with Crippen LogP contribution in [0.5, 0.6) is 0 Å². The molecule has 2 saturated heterocycles. The van der Waals surface area contributed by atoms with Gasteiger partial charge in [0, 0.05) is 6.61 Å². The first kappa shape index (κ1) is 23.5. The number of rotatable bonds is 6. The monoisotopic (exact) mass is 466 g/mol. The number of hydrogen-bond acceptors (Lipinski definition) is 8. The van der Waals surface area contributed by atoms with Gasteiger partial charge in [0.25, 0.3) is 5.56 Å². The summed E-state index contributed by atoms with van der Waals surface area (Å²) in [7, 11) is -2.22. The van der Waals surface area contributed by atoms with Gasteiger partial charge in [-0.3, -0.25) is 9.36 Å². The summed E-state index contributed by atoms with van der Waals surface area (Å²) in [6.07, 6.45) is 2.95. The maximum Gasteiger partial charge on any atom is 0.278 e. The lowest BCUT2D eigenvalue weighted by molar-refractivity contribution is -0.214. The summed E-state index contributed by atoms with van der Waals surface area (Å²) in [5, 5.41) is 10.1. The van der Waals surface area contributed by atoms with Gasteiger partial charge in [0.15, 0.2) is 32.0 Å². The Balaban J connectivity index is 1.72. The van der Waals surface area contributed by atoms with E-state index in [9.17, 15) is 9.90 Å². The smallest absolute Gasteiger partial charge is 0.278 e. The second kappa shape index (κ2) is 8.96. The van der Waals surface area contributed by atoms with Crippen LogP contribution in [0.15, 0.2) is 17.4 Å². The van der Waals surface area contributed by atoms with E-state index in [2.05, 4.69) is 48.8 Å². The van der Waals surface area contributed by atoms with Crippen LogP contribution in [-0.2, 0) is 18.6 Å². The van der Waals surface area contributed by atoms with Gasteiger partial charge >= 0.3 is 0 Å². The highest BCUT2D eigenvalue weighted by molar-refractivity contribution is 6.74. The normalized spacial score (nSPS) is 29.6. The van der Waals surface area contributed by atoms with Gasteiger partial charge in [0.05, 0.1) is 19.3 Å². The highest BCUT2D eigenvalue weighted by atomic mass is 28.4. The molecule has 2 aromatic rings. The number of aromatic nitrogens is 4. The number of H-pyrrole nitrogens is 1. The van der Waals surface area contributed by atoms with Crippen LogP contribution in [0.3, 0.4) is 0 Å². The minimum Gasteiger partial charge on any atom is -0.408 e. The summed E-state index contributed by atoms with van der Waals surface area (Å²) in [5.74, 6) is 0. The van der Waals surface area contributed by atoms with Crippen LogP contribution in [0, 0.1) is 0 Å². The maximum atomic E-state index is 12.2. The minimum absolute atomic E-state index is 0.0342. The molecule has 178 valence electrons. The Morgan fingerprint density at radius 1 is 1.28 bits per heavy atom. The van der Waals surface area contributed by atoms with E-state index in [1.54, 1.807) is 4.57 Å². The van der Waals surface area contributed by atoms with Crippen molar-refractivity contribution < 1.29 is 23.7 Å². The third kappa shape index (κ3) is 4.42. The molecule has 0 amide bonds. The van der Waals surface area contributed by atoms with Crippen LogP contribution in [-0.4, -0.2) is 70.8 Å². The zero-order valence-electron chi connectivity index (χ0n) is 19.4. The average Bonchev–Trinajstić information content (AvgIpc) is 3.30. The highest BCUT2D eigenvalue weighted by Gasteiger charge is 2.52. The fourth-order valence-electron chi connectivity index (χ4n) is 3.93. The maximum absolute atomic E-state index is 12.2. The number of hydrogen-bond donors (Lipinski definition) is 2. The number of aliphatic hydroxyl groups excluding tert-OH is 1. The standard InChI is InChI=1S/C21H34N4O6Si/c1-21(2,3)32(4,5)31-16-13(10-26)29-20(17(16)30-14-8-6-7-9-28-14)25-12-24-15-18(25)22-11-23-19(15)27/h11-14,16-17,20,26H,6-10H2,1-5H3,(H,22,23,27)/t13?,14?,16-,17-,20?/m1/s1. The number of imidazole rings is 1. The summed E-state index contributed by atoms with van der Waals surface area (Å²) in [6, 6.07) is 0. The summed E-state index contributed by atoms with van der Waals surface area (Å²) in [5.41, 5.74) is 0.285. The Kier molecular flexibility index (Phi) is 6.58. The third-order valence-electron chi connectivity index (χ3n) is 6.79.